The van der Waals surface area contributed by atoms with Crippen molar-refractivity contribution in [1.29, 1.82) is 0 Å². The highest BCUT2D eigenvalue weighted by Gasteiger charge is 2.22. The minimum absolute atomic E-state index is 0.672. The van der Waals surface area contributed by atoms with Crippen LogP contribution in [-0.2, 0) is 0 Å². The minimum Gasteiger partial charge on any atom is -0.313 e. The Morgan fingerprint density at radius 1 is 1.24 bits per heavy atom. The Bertz CT molecular complexity index is 193. The topological polar surface area (TPSA) is 15.3 Å². The van der Waals surface area contributed by atoms with Gasteiger partial charge in [0.15, 0.2) is 0 Å². The zero-order valence-electron chi connectivity index (χ0n) is 12.3. The molecule has 0 aromatic heterocycles. The van der Waals surface area contributed by atoms with E-state index in [0.717, 1.165) is 18.5 Å². The molecule has 0 bridgehead atoms. The van der Waals surface area contributed by atoms with Gasteiger partial charge in [0, 0.05) is 18.6 Å². The molecule has 17 heavy (non-hydrogen) atoms. The lowest BCUT2D eigenvalue weighted by Crippen LogP contribution is -2.47. The third kappa shape index (κ3) is 4.97. The van der Waals surface area contributed by atoms with Crippen molar-refractivity contribution in [2.24, 2.45) is 5.92 Å². The highest BCUT2D eigenvalue weighted by atomic mass is 15.2. The molecule has 0 aromatic rings. The fourth-order valence-electron chi connectivity index (χ4n) is 2.85. The Labute approximate surface area is 108 Å². The molecule has 1 rings (SSSR count). The lowest BCUT2D eigenvalue weighted by molar-refractivity contribution is 0.170. The lowest BCUT2D eigenvalue weighted by Gasteiger charge is -2.34. The summed E-state index contributed by atoms with van der Waals surface area (Å²) in [4.78, 5) is 2.71. The Morgan fingerprint density at radius 2 is 2.00 bits per heavy atom. The first kappa shape index (κ1) is 15.0. The fraction of sp³-hybridized carbons (Fsp3) is 1.00. The molecule has 102 valence electrons. The van der Waals surface area contributed by atoms with E-state index >= 15 is 0 Å². The monoisotopic (exact) mass is 240 g/mol. The standard InChI is InChI=1S/C15H32N2/c1-5-13(3)15(16-6-2)12-17-11-9-7-8-10-14(17)4/h13-16H,5-12H2,1-4H3. The van der Waals surface area contributed by atoms with Crippen LogP contribution in [0.3, 0.4) is 0 Å². The van der Waals surface area contributed by atoms with Crippen molar-refractivity contribution in [1.82, 2.24) is 10.2 Å². The van der Waals surface area contributed by atoms with Crippen LogP contribution < -0.4 is 5.32 Å². The summed E-state index contributed by atoms with van der Waals surface area (Å²) in [5, 5.41) is 3.68. The molecule has 0 saturated carbocycles. The van der Waals surface area contributed by atoms with E-state index in [1.165, 1.54) is 45.2 Å². The summed E-state index contributed by atoms with van der Waals surface area (Å²) in [6.45, 7) is 13.0. The molecule has 1 N–H and O–H groups in total. The van der Waals surface area contributed by atoms with Crippen molar-refractivity contribution >= 4 is 0 Å². The second-order valence-corrected chi connectivity index (χ2v) is 5.74. The molecule has 1 aliphatic rings. The summed E-state index contributed by atoms with van der Waals surface area (Å²) in [5.41, 5.74) is 0. The second-order valence-electron chi connectivity index (χ2n) is 5.74. The maximum Gasteiger partial charge on any atom is 0.0220 e. The normalized spacial score (nSPS) is 26.5. The minimum atomic E-state index is 0.672. The second kappa shape index (κ2) is 8.10. The maximum absolute atomic E-state index is 3.68. The Kier molecular flexibility index (Phi) is 7.14. The number of likely N-dealkylation sites (N-methyl/N-ethyl adjacent to an activating group) is 1. The van der Waals surface area contributed by atoms with E-state index in [1.807, 2.05) is 0 Å². The average Bonchev–Trinajstić information content (AvgIpc) is 2.53. The number of nitrogens with one attached hydrogen (secondary N) is 1. The van der Waals surface area contributed by atoms with E-state index in [-0.39, 0.29) is 0 Å². The van der Waals surface area contributed by atoms with Crippen LogP contribution in [0.15, 0.2) is 0 Å². The van der Waals surface area contributed by atoms with Gasteiger partial charge in [-0.05, 0) is 38.8 Å². The first-order chi connectivity index (χ1) is 8.19. The molecule has 3 unspecified atom stereocenters. The van der Waals surface area contributed by atoms with Crippen LogP contribution in [0.2, 0.25) is 0 Å². The molecule has 3 atom stereocenters. The summed E-state index contributed by atoms with van der Waals surface area (Å²) in [6, 6.07) is 1.45. The Hall–Kier alpha value is -0.0800. The van der Waals surface area contributed by atoms with E-state index < -0.39 is 0 Å². The van der Waals surface area contributed by atoms with Crippen molar-refractivity contribution in [3.05, 3.63) is 0 Å². The summed E-state index contributed by atoms with van der Waals surface area (Å²) < 4.78 is 0. The van der Waals surface area contributed by atoms with Gasteiger partial charge in [0.05, 0.1) is 0 Å². The molecule has 2 heteroatoms. The third-order valence-electron chi connectivity index (χ3n) is 4.42. The molecular formula is C15H32N2. The van der Waals surface area contributed by atoms with Crippen molar-refractivity contribution in [3.63, 3.8) is 0 Å². The predicted molar refractivity (Wildman–Crippen MR) is 76.4 cm³/mol. The van der Waals surface area contributed by atoms with Gasteiger partial charge in [0.1, 0.15) is 0 Å². The van der Waals surface area contributed by atoms with E-state index in [0.29, 0.717) is 6.04 Å². The highest BCUT2D eigenvalue weighted by Crippen LogP contribution is 2.18. The van der Waals surface area contributed by atoms with Gasteiger partial charge in [-0.3, -0.25) is 4.90 Å². The van der Waals surface area contributed by atoms with Crippen molar-refractivity contribution in [3.8, 4) is 0 Å². The largest absolute Gasteiger partial charge is 0.313 e. The van der Waals surface area contributed by atoms with Crippen LogP contribution in [-0.4, -0.2) is 36.6 Å². The zero-order valence-corrected chi connectivity index (χ0v) is 12.3. The number of hydrogen-bond donors (Lipinski definition) is 1. The van der Waals surface area contributed by atoms with Crippen LogP contribution in [0.25, 0.3) is 0 Å². The lowest BCUT2D eigenvalue weighted by atomic mass is 9.98. The maximum atomic E-state index is 3.68. The number of hydrogen-bond acceptors (Lipinski definition) is 2. The first-order valence-electron chi connectivity index (χ1n) is 7.66. The molecule has 0 spiro atoms. The van der Waals surface area contributed by atoms with E-state index in [4.69, 9.17) is 0 Å². The number of nitrogens with zero attached hydrogens (tertiary/aromatic N) is 1. The van der Waals surface area contributed by atoms with Gasteiger partial charge < -0.3 is 5.32 Å². The predicted octanol–water partition coefficient (Wildman–Crippen LogP) is 3.28. The van der Waals surface area contributed by atoms with Crippen molar-refractivity contribution < 1.29 is 0 Å². The summed E-state index contributed by atoms with van der Waals surface area (Å²) in [7, 11) is 0. The number of likely N-dealkylation sites (tertiary alicyclic amines) is 1. The Balaban J connectivity index is 2.51. The molecule has 1 fully saturated rings. The zero-order chi connectivity index (χ0) is 12.7. The molecule has 2 nitrogen and oxygen atoms in total. The molecule has 1 aliphatic heterocycles. The average molecular weight is 240 g/mol. The molecule has 1 saturated heterocycles. The highest BCUT2D eigenvalue weighted by molar-refractivity contribution is 4.80. The van der Waals surface area contributed by atoms with Crippen LogP contribution in [0.5, 0.6) is 0 Å². The van der Waals surface area contributed by atoms with Crippen LogP contribution in [0, 0.1) is 5.92 Å². The van der Waals surface area contributed by atoms with Crippen LogP contribution in [0.1, 0.15) is 59.8 Å². The molecule has 1 heterocycles. The van der Waals surface area contributed by atoms with Crippen LogP contribution in [0.4, 0.5) is 0 Å². The van der Waals surface area contributed by atoms with Crippen LogP contribution >= 0.6 is 0 Å². The van der Waals surface area contributed by atoms with Crippen molar-refractivity contribution in [2.45, 2.75) is 71.9 Å². The van der Waals surface area contributed by atoms with Gasteiger partial charge in [-0.2, -0.15) is 0 Å². The summed E-state index contributed by atoms with van der Waals surface area (Å²) in [6.07, 6.45) is 6.91. The van der Waals surface area contributed by atoms with Gasteiger partial charge in [-0.15, -0.1) is 0 Å². The molecule has 0 aliphatic carbocycles. The molecule has 0 radical (unpaired) electrons. The third-order valence-corrected chi connectivity index (χ3v) is 4.42. The Morgan fingerprint density at radius 3 is 2.65 bits per heavy atom. The van der Waals surface area contributed by atoms with E-state index in [1.54, 1.807) is 0 Å². The SMILES string of the molecule is CCNC(CN1CCCCCC1C)C(C)CC. The van der Waals surface area contributed by atoms with Gasteiger partial charge in [0.25, 0.3) is 0 Å². The number of rotatable bonds is 6. The fourth-order valence-corrected chi connectivity index (χ4v) is 2.85. The molecule has 0 aromatic carbocycles. The molecular weight excluding hydrogens is 208 g/mol. The summed E-state index contributed by atoms with van der Waals surface area (Å²) in [5.74, 6) is 0.783. The van der Waals surface area contributed by atoms with Crippen molar-refractivity contribution in [2.75, 3.05) is 19.6 Å². The quantitative estimate of drug-likeness (QED) is 0.766. The van der Waals surface area contributed by atoms with E-state index in [2.05, 4.69) is 37.9 Å². The molecule has 0 amide bonds. The smallest absolute Gasteiger partial charge is 0.0220 e. The first-order valence-corrected chi connectivity index (χ1v) is 7.66. The van der Waals surface area contributed by atoms with Gasteiger partial charge in [-0.1, -0.05) is 40.0 Å². The van der Waals surface area contributed by atoms with Gasteiger partial charge in [-0.25, -0.2) is 0 Å². The summed E-state index contributed by atoms with van der Waals surface area (Å²) >= 11 is 0. The van der Waals surface area contributed by atoms with Gasteiger partial charge in [0.2, 0.25) is 0 Å². The van der Waals surface area contributed by atoms with Gasteiger partial charge >= 0.3 is 0 Å². The van der Waals surface area contributed by atoms with E-state index in [9.17, 15) is 0 Å².